The Bertz CT molecular complexity index is 468. The molecule has 0 radical (unpaired) electrons. The molecule has 1 N–H and O–H groups in total. The molecule has 0 fully saturated rings. The number of nitrogens with zero attached hydrogens (tertiary/aromatic N) is 2. The van der Waals surface area contributed by atoms with E-state index in [4.69, 9.17) is 4.74 Å². The van der Waals surface area contributed by atoms with Gasteiger partial charge in [-0.2, -0.15) is 0 Å². The minimum atomic E-state index is 0.771. The van der Waals surface area contributed by atoms with E-state index in [0.717, 1.165) is 22.8 Å². The smallest absolute Gasteiger partial charge is 0.152 e. The summed E-state index contributed by atoms with van der Waals surface area (Å²) in [5.41, 5.74) is 1.85. The summed E-state index contributed by atoms with van der Waals surface area (Å²) in [6.07, 6.45) is 3.35. The van der Waals surface area contributed by atoms with Crippen molar-refractivity contribution in [3.05, 3.63) is 36.7 Å². The van der Waals surface area contributed by atoms with Crippen LogP contribution in [0.1, 0.15) is 0 Å². The molecule has 1 heterocycles. The van der Waals surface area contributed by atoms with Crippen LogP contribution < -0.4 is 10.1 Å². The molecule has 1 aromatic carbocycles. The number of aromatic nitrogens is 2. The number of hydrogen-bond donors (Lipinski definition) is 1. The molecular weight excluding hydrogens is 202 g/mol. The summed E-state index contributed by atoms with van der Waals surface area (Å²) in [6, 6.07) is 7.74. The number of nitrogens with one attached hydrogen (secondary N) is 1. The van der Waals surface area contributed by atoms with Gasteiger partial charge in [-0.1, -0.05) is 0 Å². The van der Waals surface area contributed by atoms with E-state index in [1.165, 1.54) is 0 Å². The molecule has 0 bridgehead atoms. The second-order valence-corrected chi connectivity index (χ2v) is 3.23. The molecule has 1 aromatic heterocycles. The Balaban J connectivity index is 2.42. The molecule has 0 unspecified atom stereocenters. The average Bonchev–Trinajstić information content (AvgIpc) is 2.39. The van der Waals surface area contributed by atoms with Gasteiger partial charge in [0.15, 0.2) is 5.82 Å². The fourth-order valence-electron chi connectivity index (χ4n) is 1.48. The van der Waals surface area contributed by atoms with Crippen molar-refractivity contribution >= 4 is 5.82 Å². The Hall–Kier alpha value is -2.10. The molecule has 0 atom stereocenters. The van der Waals surface area contributed by atoms with Crippen molar-refractivity contribution in [2.24, 2.45) is 0 Å². The van der Waals surface area contributed by atoms with Gasteiger partial charge in [-0.3, -0.25) is 4.98 Å². The predicted octanol–water partition coefficient (Wildman–Crippen LogP) is 2.19. The molecule has 0 aliphatic heterocycles. The third-order valence-electron chi connectivity index (χ3n) is 2.30. The molecule has 2 rings (SSSR count). The third kappa shape index (κ3) is 1.95. The van der Waals surface area contributed by atoms with Gasteiger partial charge in [0, 0.05) is 25.0 Å². The van der Waals surface area contributed by atoms with Gasteiger partial charge in [0.1, 0.15) is 11.4 Å². The Morgan fingerprint density at radius 2 is 1.75 bits per heavy atom. The van der Waals surface area contributed by atoms with Crippen LogP contribution in [-0.2, 0) is 0 Å². The summed E-state index contributed by atoms with van der Waals surface area (Å²) in [6.45, 7) is 0. The van der Waals surface area contributed by atoms with Gasteiger partial charge in [-0.15, -0.1) is 0 Å². The summed E-state index contributed by atoms with van der Waals surface area (Å²) >= 11 is 0. The van der Waals surface area contributed by atoms with Gasteiger partial charge in [-0.05, 0) is 24.3 Å². The van der Waals surface area contributed by atoms with Crippen LogP contribution in [0.4, 0.5) is 5.82 Å². The number of rotatable bonds is 3. The van der Waals surface area contributed by atoms with Gasteiger partial charge >= 0.3 is 0 Å². The normalized spacial score (nSPS) is 9.88. The number of benzene rings is 1. The maximum absolute atomic E-state index is 5.11. The summed E-state index contributed by atoms with van der Waals surface area (Å²) in [5, 5.41) is 3.02. The van der Waals surface area contributed by atoms with Crippen LogP contribution in [0.15, 0.2) is 36.7 Å². The highest BCUT2D eigenvalue weighted by atomic mass is 16.5. The monoisotopic (exact) mass is 215 g/mol. The molecule has 16 heavy (non-hydrogen) atoms. The summed E-state index contributed by atoms with van der Waals surface area (Å²) in [4.78, 5) is 8.52. The number of ether oxygens (including phenoxy) is 1. The van der Waals surface area contributed by atoms with Crippen LogP contribution in [0, 0.1) is 0 Å². The molecule has 0 saturated carbocycles. The number of anilines is 1. The molecule has 2 aromatic rings. The van der Waals surface area contributed by atoms with E-state index in [1.54, 1.807) is 19.5 Å². The van der Waals surface area contributed by atoms with Gasteiger partial charge in [0.05, 0.1) is 7.11 Å². The van der Waals surface area contributed by atoms with E-state index in [-0.39, 0.29) is 0 Å². The first-order valence-corrected chi connectivity index (χ1v) is 4.98. The first kappa shape index (κ1) is 10.4. The fraction of sp³-hybridized carbons (Fsp3) is 0.167. The van der Waals surface area contributed by atoms with E-state index < -0.39 is 0 Å². The molecule has 4 nitrogen and oxygen atoms in total. The standard InChI is InChI=1S/C12H13N3O/c1-13-12-11(14-7-8-15-12)9-3-5-10(16-2)6-4-9/h3-8H,1-2H3,(H,13,15). The van der Waals surface area contributed by atoms with Crippen LogP contribution in [0.5, 0.6) is 5.75 Å². The van der Waals surface area contributed by atoms with Crippen LogP contribution in [0.3, 0.4) is 0 Å². The zero-order valence-corrected chi connectivity index (χ0v) is 9.27. The summed E-state index contributed by atoms with van der Waals surface area (Å²) < 4.78 is 5.11. The lowest BCUT2D eigenvalue weighted by Crippen LogP contribution is -1.97. The Labute approximate surface area is 94.3 Å². The lowest BCUT2D eigenvalue weighted by molar-refractivity contribution is 0.415. The average molecular weight is 215 g/mol. The van der Waals surface area contributed by atoms with E-state index in [0.29, 0.717) is 0 Å². The van der Waals surface area contributed by atoms with Crippen LogP contribution in [-0.4, -0.2) is 24.1 Å². The first-order chi connectivity index (χ1) is 7.85. The third-order valence-corrected chi connectivity index (χ3v) is 2.30. The van der Waals surface area contributed by atoms with Crippen LogP contribution >= 0.6 is 0 Å². The van der Waals surface area contributed by atoms with Crippen molar-refractivity contribution in [3.8, 4) is 17.0 Å². The van der Waals surface area contributed by atoms with Crippen molar-refractivity contribution in [1.82, 2.24) is 9.97 Å². The van der Waals surface area contributed by atoms with E-state index >= 15 is 0 Å². The van der Waals surface area contributed by atoms with E-state index in [9.17, 15) is 0 Å². The fourth-order valence-corrected chi connectivity index (χ4v) is 1.48. The second kappa shape index (κ2) is 4.61. The minimum absolute atomic E-state index is 0.771. The molecule has 0 saturated heterocycles. The Morgan fingerprint density at radius 3 is 2.38 bits per heavy atom. The SMILES string of the molecule is CNc1nccnc1-c1ccc(OC)cc1. The summed E-state index contributed by atoms with van der Waals surface area (Å²) in [5.74, 6) is 1.60. The minimum Gasteiger partial charge on any atom is -0.497 e. The zero-order valence-electron chi connectivity index (χ0n) is 9.27. The van der Waals surface area contributed by atoms with E-state index in [1.807, 2.05) is 31.3 Å². The lowest BCUT2D eigenvalue weighted by Gasteiger charge is -2.07. The van der Waals surface area contributed by atoms with Crippen molar-refractivity contribution in [3.63, 3.8) is 0 Å². The van der Waals surface area contributed by atoms with Crippen molar-refractivity contribution in [2.45, 2.75) is 0 Å². The van der Waals surface area contributed by atoms with Crippen molar-refractivity contribution in [1.29, 1.82) is 0 Å². The predicted molar refractivity (Wildman–Crippen MR) is 63.6 cm³/mol. The van der Waals surface area contributed by atoms with Gasteiger partial charge in [0.25, 0.3) is 0 Å². The molecule has 0 amide bonds. The zero-order chi connectivity index (χ0) is 11.4. The van der Waals surface area contributed by atoms with Crippen molar-refractivity contribution in [2.75, 3.05) is 19.5 Å². The lowest BCUT2D eigenvalue weighted by atomic mass is 10.1. The first-order valence-electron chi connectivity index (χ1n) is 4.98. The summed E-state index contributed by atoms with van der Waals surface area (Å²) in [7, 11) is 3.48. The van der Waals surface area contributed by atoms with Crippen LogP contribution in [0.2, 0.25) is 0 Å². The quantitative estimate of drug-likeness (QED) is 0.852. The highest BCUT2D eigenvalue weighted by Gasteiger charge is 2.05. The molecule has 0 aliphatic rings. The molecular formula is C12H13N3O. The Morgan fingerprint density at radius 1 is 1.06 bits per heavy atom. The topological polar surface area (TPSA) is 47.0 Å². The molecule has 4 heteroatoms. The number of methoxy groups -OCH3 is 1. The molecule has 0 aliphatic carbocycles. The maximum atomic E-state index is 5.11. The molecule has 0 spiro atoms. The van der Waals surface area contributed by atoms with Crippen LogP contribution in [0.25, 0.3) is 11.3 Å². The van der Waals surface area contributed by atoms with E-state index in [2.05, 4.69) is 15.3 Å². The highest BCUT2D eigenvalue weighted by Crippen LogP contribution is 2.24. The van der Waals surface area contributed by atoms with Crippen molar-refractivity contribution < 1.29 is 4.74 Å². The van der Waals surface area contributed by atoms with Gasteiger partial charge < -0.3 is 10.1 Å². The largest absolute Gasteiger partial charge is 0.497 e. The highest BCUT2D eigenvalue weighted by molar-refractivity contribution is 5.71. The number of hydrogen-bond acceptors (Lipinski definition) is 4. The van der Waals surface area contributed by atoms with Gasteiger partial charge in [-0.25, -0.2) is 4.98 Å². The molecule has 82 valence electrons. The Kier molecular flexibility index (Phi) is 3.00. The maximum Gasteiger partial charge on any atom is 0.152 e. The van der Waals surface area contributed by atoms with Gasteiger partial charge in [0.2, 0.25) is 0 Å². The second-order valence-electron chi connectivity index (χ2n) is 3.23.